The van der Waals surface area contributed by atoms with Crippen LogP contribution in [0.5, 0.6) is 0 Å². The number of carbonyl (C=O) groups excluding carboxylic acids is 1. The molecule has 0 aliphatic rings. The summed E-state index contributed by atoms with van der Waals surface area (Å²) >= 11 is 18.7. The number of amides is 1. The Hall–Kier alpha value is 0.940. The van der Waals surface area contributed by atoms with E-state index in [1.165, 1.54) is 4.90 Å². The van der Waals surface area contributed by atoms with Gasteiger partial charge in [-0.1, -0.05) is 57.6 Å². The largest absolute Gasteiger partial charge is 0.617 e. The Balaban J connectivity index is -0.000000131. The molecule has 0 aromatic heterocycles. The minimum absolute atomic E-state index is 0.611. The molecule has 0 saturated carbocycles. The molecule has 0 saturated heterocycles. The monoisotopic (exact) mass is 303 g/mol. The first kappa shape index (κ1) is 20.4. The number of halogens is 4. The summed E-state index contributed by atoms with van der Waals surface area (Å²) in [6.07, 6.45) is 4.03. The van der Waals surface area contributed by atoms with Crippen molar-refractivity contribution in [3.8, 4) is 0 Å². The number of hydrogen-bond donors (Lipinski definition) is 0. The molecule has 0 spiro atoms. The first-order valence-electron chi connectivity index (χ1n) is 3.13. The Morgan fingerprint density at radius 1 is 1.21 bits per heavy atom. The summed E-state index contributed by atoms with van der Waals surface area (Å²) in [5.74, 6) is 0. The topological polar surface area (TPSA) is 43.4 Å². The van der Waals surface area contributed by atoms with Crippen LogP contribution >= 0.6 is 46.4 Å². The van der Waals surface area contributed by atoms with Gasteiger partial charge in [0.25, 0.3) is 3.25 Å². The van der Waals surface area contributed by atoms with Crippen LogP contribution in [0.3, 0.4) is 0 Å². The Morgan fingerprint density at radius 3 is 1.29 bits per heavy atom. The van der Waals surface area contributed by atoms with Crippen LogP contribution < -0.4 is 0 Å². The van der Waals surface area contributed by atoms with Gasteiger partial charge in [0.2, 0.25) is 6.41 Å². The van der Waals surface area contributed by atoms with Gasteiger partial charge in [0, 0.05) is 14.1 Å². The second kappa shape index (κ2) is 12.0. The van der Waals surface area contributed by atoms with Crippen LogP contribution in [0.15, 0.2) is 0 Å². The summed E-state index contributed by atoms with van der Waals surface area (Å²) in [4.78, 5) is 10.9. The van der Waals surface area contributed by atoms with Crippen LogP contribution in [0.1, 0.15) is 0 Å². The van der Waals surface area contributed by atoms with E-state index in [1.807, 2.05) is 0 Å². The quantitative estimate of drug-likeness (QED) is 0.424. The molecule has 0 rings (SSSR count). The fraction of sp³-hybridized carbons (Fsp3) is 0.833. The number of alkyl halides is 4. The Morgan fingerprint density at radius 2 is 1.29 bits per heavy atom. The van der Waals surface area contributed by atoms with Crippen molar-refractivity contribution in [2.45, 2.75) is 3.25 Å². The zero-order valence-electron chi connectivity index (χ0n) is 8.26. The van der Waals surface area contributed by atoms with Gasteiger partial charge in [-0.15, -0.1) is 0 Å². The lowest BCUT2D eigenvalue weighted by Crippen LogP contribution is -2.06. The lowest BCUT2D eigenvalue weighted by atomic mass is 11.0. The van der Waals surface area contributed by atoms with Gasteiger partial charge in [-0.2, -0.15) is 0 Å². The summed E-state index contributed by atoms with van der Waals surface area (Å²) in [7, 11) is 3.38. The predicted octanol–water partition coefficient (Wildman–Crippen LogP) is 2.25. The van der Waals surface area contributed by atoms with E-state index in [2.05, 4.69) is 0 Å². The fourth-order valence-corrected chi connectivity index (χ4v) is 0. The van der Waals surface area contributed by atoms with Gasteiger partial charge in [0.1, 0.15) is 0 Å². The molecule has 0 radical (unpaired) electrons. The summed E-state index contributed by atoms with van der Waals surface area (Å²) in [5, 5.41) is 0. The van der Waals surface area contributed by atoms with Gasteiger partial charge in [-0.25, -0.2) is 0 Å². The van der Waals surface area contributed by atoms with Crippen molar-refractivity contribution in [2.75, 3.05) is 26.6 Å². The minimum atomic E-state index is -1.61. The molecule has 0 N–H and O–H groups in total. The molecule has 14 heavy (non-hydrogen) atoms. The molecule has 8 heteroatoms. The number of carbonyl (C=O) groups is 1. The van der Waals surface area contributed by atoms with Gasteiger partial charge >= 0.3 is 0 Å². The standard InChI is InChI=1S/C3H7NO.C2H6OS.CCl4/c1-4(2)3-5;1-4(2)3;2-1(3,4)5/h3H,1-2H3;1-2H3;. The third kappa shape index (κ3) is 213. The highest BCUT2D eigenvalue weighted by atomic mass is 35.6. The molecular formula is C6H13Cl4NO2S. The molecule has 0 fully saturated rings. The van der Waals surface area contributed by atoms with Crippen molar-refractivity contribution in [2.24, 2.45) is 0 Å². The Bertz CT molecular complexity index is 121. The molecule has 0 aromatic carbocycles. The third-order valence-corrected chi connectivity index (χ3v) is 0.211. The molecule has 3 nitrogen and oxygen atoms in total. The molecule has 0 aliphatic carbocycles. The van der Waals surface area contributed by atoms with E-state index in [0.29, 0.717) is 0 Å². The van der Waals surface area contributed by atoms with Crippen molar-refractivity contribution >= 4 is 64.0 Å². The van der Waals surface area contributed by atoms with E-state index in [4.69, 9.17) is 46.4 Å². The van der Waals surface area contributed by atoms with Gasteiger partial charge in [-0.05, 0) is 0 Å². The first-order valence-corrected chi connectivity index (χ1v) is 6.61. The SMILES string of the molecule is CN(C)C=O.C[S+](C)[O-].ClC(Cl)(Cl)Cl. The van der Waals surface area contributed by atoms with Crippen molar-refractivity contribution in [1.82, 2.24) is 4.90 Å². The molecule has 0 unspecified atom stereocenters. The highest BCUT2D eigenvalue weighted by Gasteiger charge is 2.11. The smallest absolute Gasteiger partial charge is 0.266 e. The number of rotatable bonds is 1. The van der Waals surface area contributed by atoms with Gasteiger partial charge in [0.15, 0.2) is 0 Å². The lowest BCUT2D eigenvalue weighted by Gasteiger charge is -1.93. The van der Waals surface area contributed by atoms with Crippen molar-refractivity contribution in [3.63, 3.8) is 0 Å². The number of nitrogens with zero attached hydrogens (tertiary/aromatic N) is 1. The molecule has 88 valence electrons. The van der Waals surface area contributed by atoms with Crippen LogP contribution in [-0.4, -0.2) is 45.7 Å². The predicted molar refractivity (Wildman–Crippen MR) is 65.9 cm³/mol. The van der Waals surface area contributed by atoms with Crippen LogP contribution in [0.2, 0.25) is 0 Å². The summed E-state index contributed by atoms with van der Waals surface area (Å²) in [6.45, 7) is 0. The average Bonchev–Trinajstić information content (AvgIpc) is 1.82. The van der Waals surface area contributed by atoms with Crippen molar-refractivity contribution in [1.29, 1.82) is 0 Å². The molecule has 0 bridgehead atoms. The molecular weight excluding hydrogens is 292 g/mol. The van der Waals surface area contributed by atoms with Crippen molar-refractivity contribution < 1.29 is 9.35 Å². The van der Waals surface area contributed by atoms with E-state index < -0.39 is 14.4 Å². The summed E-state index contributed by atoms with van der Waals surface area (Å²) < 4.78 is 7.94. The van der Waals surface area contributed by atoms with Gasteiger partial charge in [0.05, 0.1) is 12.5 Å². The highest BCUT2D eigenvalue weighted by molar-refractivity contribution is 7.89. The molecule has 0 aromatic rings. The van der Waals surface area contributed by atoms with Crippen LogP contribution in [0.25, 0.3) is 0 Å². The van der Waals surface area contributed by atoms with Crippen LogP contribution in [0, 0.1) is 0 Å². The van der Waals surface area contributed by atoms with Crippen LogP contribution in [-0.2, 0) is 16.0 Å². The lowest BCUT2D eigenvalue weighted by molar-refractivity contribution is -0.115. The maximum atomic E-state index is 9.56. The second-order valence-corrected chi connectivity index (χ2v) is 7.15. The maximum Gasteiger partial charge on any atom is 0.266 e. The normalized spacial score (nSPS) is 9.29. The summed E-state index contributed by atoms with van der Waals surface area (Å²) in [6, 6.07) is 0. The molecule has 0 heterocycles. The number of hydrogen-bond acceptors (Lipinski definition) is 2. The Labute approximate surface area is 108 Å². The van der Waals surface area contributed by atoms with E-state index in [9.17, 15) is 9.35 Å². The Kier molecular flexibility index (Phi) is 17.5. The molecule has 1 amide bonds. The summed E-state index contributed by atoms with van der Waals surface area (Å²) in [5.41, 5.74) is 0. The molecule has 0 atom stereocenters. The third-order valence-electron chi connectivity index (χ3n) is 0.211. The van der Waals surface area contributed by atoms with Gasteiger partial charge < -0.3 is 9.45 Å². The van der Waals surface area contributed by atoms with E-state index in [1.54, 1.807) is 26.6 Å². The first-order chi connectivity index (χ1) is 6.00. The maximum absolute atomic E-state index is 9.56. The molecule has 0 aliphatic heterocycles. The minimum Gasteiger partial charge on any atom is -0.617 e. The fourth-order valence-electron chi connectivity index (χ4n) is 0. The zero-order valence-corrected chi connectivity index (χ0v) is 12.1. The highest BCUT2D eigenvalue weighted by Crippen LogP contribution is 2.29. The van der Waals surface area contributed by atoms with E-state index >= 15 is 0 Å². The van der Waals surface area contributed by atoms with Gasteiger partial charge in [-0.3, -0.25) is 4.79 Å². The van der Waals surface area contributed by atoms with Crippen molar-refractivity contribution in [3.05, 3.63) is 0 Å². The zero-order chi connectivity index (χ0) is 12.4. The van der Waals surface area contributed by atoms with Crippen LogP contribution in [0.4, 0.5) is 0 Å². The van der Waals surface area contributed by atoms with E-state index in [0.717, 1.165) is 6.41 Å². The second-order valence-electron chi connectivity index (χ2n) is 2.24. The average molecular weight is 305 g/mol. The van der Waals surface area contributed by atoms with E-state index in [-0.39, 0.29) is 0 Å².